The van der Waals surface area contributed by atoms with E-state index in [0.717, 1.165) is 22.3 Å². The van der Waals surface area contributed by atoms with Crippen LogP contribution in [0.5, 0.6) is 11.5 Å². The van der Waals surface area contributed by atoms with Crippen LogP contribution in [0.3, 0.4) is 0 Å². The molecule has 0 saturated heterocycles. The lowest BCUT2D eigenvalue weighted by atomic mass is 9.94. The molecule has 4 rings (SSSR count). The zero-order valence-corrected chi connectivity index (χ0v) is 20.1. The van der Waals surface area contributed by atoms with Crippen LogP contribution in [0.1, 0.15) is 25.0 Å². The van der Waals surface area contributed by atoms with Crippen LogP contribution in [0, 0.1) is 5.41 Å². The fourth-order valence-electron chi connectivity index (χ4n) is 3.86. The van der Waals surface area contributed by atoms with E-state index in [1.54, 1.807) is 12.4 Å². The van der Waals surface area contributed by atoms with Gasteiger partial charge in [-0.05, 0) is 23.3 Å². The molecule has 35 heavy (non-hydrogen) atoms. The number of hydrogen-bond donors (Lipinski definition) is 2. The minimum atomic E-state index is -0.188. The van der Waals surface area contributed by atoms with Crippen LogP contribution in [0.25, 0.3) is 22.3 Å². The van der Waals surface area contributed by atoms with Crippen LogP contribution in [-0.2, 0) is 0 Å². The van der Waals surface area contributed by atoms with E-state index < -0.39 is 0 Å². The maximum atomic E-state index is 10.7. The first-order valence-electron chi connectivity index (χ1n) is 11.7. The van der Waals surface area contributed by atoms with Gasteiger partial charge < -0.3 is 10.2 Å². The number of para-hydroxylation sites is 2. The van der Waals surface area contributed by atoms with Gasteiger partial charge in [-0.1, -0.05) is 98.8 Å². The molecule has 0 spiro atoms. The van der Waals surface area contributed by atoms with Gasteiger partial charge in [0.1, 0.15) is 11.5 Å². The Morgan fingerprint density at radius 1 is 0.571 bits per heavy atom. The quantitative estimate of drug-likeness (QED) is 0.277. The SMILES string of the molecule is CC(C)(CN=Cc1cccc(-c2ccccc2)c1O)CN=Cc1cccc(-c2ccccc2)c1O. The number of phenols is 2. The third-order valence-electron chi connectivity index (χ3n) is 5.80. The summed E-state index contributed by atoms with van der Waals surface area (Å²) in [6.07, 6.45) is 3.45. The van der Waals surface area contributed by atoms with Gasteiger partial charge in [-0.2, -0.15) is 0 Å². The molecule has 0 unspecified atom stereocenters. The molecule has 4 heteroatoms. The van der Waals surface area contributed by atoms with E-state index in [9.17, 15) is 10.2 Å². The van der Waals surface area contributed by atoms with Crippen LogP contribution in [0.4, 0.5) is 0 Å². The molecule has 0 aliphatic rings. The third kappa shape index (κ3) is 6.04. The minimum absolute atomic E-state index is 0.188. The van der Waals surface area contributed by atoms with Crippen molar-refractivity contribution in [1.82, 2.24) is 0 Å². The average Bonchev–Trinajstić information content (AvgIpc) is 2.87. The van der Waals surface area contributed by atoms with Crippen molar-refractivity contribution in [3.05, 3.63) is 108 Å². The first-order chi connectivity index (χ1) is 16.9. The molecular weight excluding hydrogens is 432 g/mol. The third-order valence-corrected chi connectivity index (χ3v) is 5.80. The van der Waals surface area contributed by atoms with E-state index in [4.69, 9.17) is 0 Å². The molecule has 0 bridgehead atoms. The molecule has 0 saturated carbocycles. The lowest BCUT2D eigenvalue weighted by Crippen LogP contribution is -2.19. The summed E-state index contributed by atoms with van der Waals surface area (Å²) >= 11 is 0. The summed E-state index contributed by atoms with van der Waals surface area (Å²) in [7, 11) is 0. The lowest BCUT2D eigenvalue weighted by Gasteiger charge is -2.19. The first-order valence-corrected chi connectivity index (χ1v) is 11.7. The minimum Gasteiger partial charge on any atom is -0.507 e. The summed E-state index contributed by atoms with van der Waals surface area (Å²) in [6.45, 7) is 5.30. The van der Waals surface area contributed by atoms with Gasteiger partial charge >= 0.3 is 0 Å². The number of aromatic hydroxyl groups is 2. The number of benzene rings is 4. The lowest BCUT2D eigenvalue weighted by molar-refractivity contribution is 0.396. The molecule has 0 fully saturated rings. The van der Waals surface area contributed by atoms with Crippen molar-refractivity contribution in [3.63, 3.8) is 0 Å². The Hall–Kier alpha value is -4.18. The van der Waals surface area contributed by atoms with Gasteiger partial charge in [-0.15, -0.1) is 0 Å². The molecule has 176 valence electrons. The highest BCUT2D eigenvalue weighted by molar-refractivity contribution is 5.89. The second-order valence-electron chi connectivity index (χ2n) is 9.32. The standard InChI is InChI=1S/C31H30N2O2/c1-31(2,21-32-19-25-15-9-17-27(29(25)34)23-11-5-3-6-12-23)22-33-20-26-16-10-18-28(30(26)35)24-13-7-4-8-14-24/h3-20,34-35H,21-22H2,1-2H3. The fourth-order valence-corrected chi connectivity index (χ4v) is 3.86. The van der Waals surface area contributed by atoms with Crippen LogP contribution < -0.4 is 0 Å². The Bertz CT molecular complexity index is 1220. The summed E-state index contributed by atoms with van der Waals surface area (Å²) in [5, 5.41) is 21.5. The van der Waals surface area contributed by atoms with Gasteiger partial charge in [0.25, 0.3) is 0 Å². The Balaban J connectivity index is 1.41. The maximum absolute atomic E-state index is 10.7. The van der Waals surface area contributed by atoms with Crippen molar-refractivity contribution in [3.8, 4) is 33.8 Å². The van der Waals surface area contributed by atoms with Gasteiger partial charge in [0.2, 0.25) is 0 Å². The molecule has 0 aliphatic heterocycles. The highest BCUT2D eigenvalue weighted by Gasteiger charge is 2.17. The Labute approximate surface area is 207 Å². The van der Waals surface area contributed by atoms with Crippen molar-refractivity contribution in [1.29, 1.82) is 0 Å². The second-order valence-corrected chi connectivity index (χ2v) is 9.32. The van der Waals surface area contributed by atoms with Crippen LogP contribution >= 0.6 is 0 Å². The van der Waals surface area contributed by atoms with E-state index in [-0.39, 0.29) is 16.9 Å². The number of rotatable bonds is 8. The van der Waals surface area contributed by atoms with E-state index in [0.29, 0.717) is 24.2 Å². The zero-order valence-electron chi connectivity index (χ0n) is 20.1. The van der Waals surface area contributed by atoms with E-state index in [1.165, 1.54) is 0 Å². The molecule has 2 N–H and O–H groups in total. The summed E-state index contributed by atoms with van der Waals surface area (Å²) in [6, 6.07) is 31.0. The topological polar surface area (TPSA) is 65.2 Å². The van der Waals surface area contributed by atoms with E-state index >= 15 is 0 Å². The highest BCUT2D eigenvalue weighted by Crippen LogP contribution is 2.32. The molecule has 4 aromatic rings. The van der Waals surface area contributed by atoms with E-state index in [1.807, 2.05) is 97.1 Å². The van der Waals surface area contributed by atoms with Gasteiger partial charge in [0.15, 0.2) is 0 Å². The fraction of sp³-hybridized carbons (Fsp3) is 0.161. The summed E-state index contributed by atoms with van der Waals surface area (Å²) < 4.78 is 0. The second kappa shape index (κ2) is 10.8. The number of aliphatic imine (C=N–C) groups is 2. The zero-order chi connectivity index (χ0) is 24.7. The smallest absolute Gasteiger partial charge is 0.132 e. The Morgan fingerprint density at radius 2 is 0.971 bits per heavy atom. The normalized spacial score (nSPS) is 11.9. The van der Waals surface area contributed by atoms with Gasteiger partial charge in [-0.25, -0.2) is 0 Å². The largest absolute Gasteiger partial charge is 0.507 e. The first kappa shape index (κ1) is 24.0. The Kier molecular flexibility index (Phi) is 7.41. The van der Waals surface area contributed by atoms with Crippen LogP contribution in [0.15, 0.2) is 107 Å². The van der Waals surface area contributed by atoms with Crippen LogP contribution in [-0.4, -0.2) is 35.7 Å². The average molecular weight is 463 g/mol. The van der Waals surface area contributed by atoms with Crippen molar-refractivity contribution in [2.24, 2.45) is 15.4 Å². The molecule has 0 amide bonds. The number of hydrogen-bond acceptors (Lipinski definition) is 4. The van der Waals surface area contributed by atoms with Gasteiger partial charge in [0, 0.05) is 53.2 Å². The van der Waals surface area contributed by atoms with Crippen molar-refractivity contribution < 1.29 is 10.2 Å². The maximum Gasteiger partial charge on any atom is 0.132 e. The van der Waals surface area contributed by atoms with Gasteiger partial charge in [0.05, 0.1) is 0 Å². The molecular formula is C31H30N2O2. The predicted molar refractivity (Wildman–Crippen MR) is 146 cm³/mol. The van der Waals surface area contributed by atoms with Crippen molar-refractivity contribution in [2.45, 2.75) is 13.8 Å². The van der Waals surface area contributed by atoms with E-state index in [2.05, 4.69) is 23.8 Å². The molecule has 4 aromatic carbocycles. The molecule has 0 aromatic heterocycles. The molecule has 4 nitrogen and oxygen atoms in total. The summed E-state index contributed by atoms with van der Waals surface area (Å²) in [5.41, 5.74) is 4.70. The molecule has 0 atom stereocenters. The Morgan fingerprint density at radius 3 is 1.37 bits per heavy atom. The highest BCUT2D eigenvalue weighted by atomic mass is 16.3. The molecule has 0 radical (unpaired) electrons. The van der Waals surface area contributed by atoms with Crippen LogP contribution in [0.2, 0.25) is 0 Å². The monoisotopic (exact) mass is 462 g/mol. The van der Waals surface area contributed by atoms with Crippen molar-refractivity contribution >= 4 is 12.4 Å². The van der Waals surface area contributed by atoms with Gasteiger partial charge in [-0.3, -0.25) is 9.98 Å². The summed E-state index contributed by atoms with van der Waals surface area (Å²) in [4.78, 5) is 9.20. The molecule has 0 aliphatic carbocycles. The summed E-state index contributed by atoms with van der Waals surface area (Å²) in [5.74, 6) is 0.458. The number of phenolic OH excluding ortho intramolecular Hbond substituents is 2. The predicted octanol–water partition coefficient (Wildman–Crippen LogP) is 7.00. The number of nitrogens with zero attached hydrogens (tertiary/aromatic N) is 2. The van der Waals surface area contributed by atoms with Crippen molar-refractivity contribution in [2.75, 3.05) is 13.1 Å². The molecule has 0 heterocycles.